The molecule has 6 rings (SSSR count). The lowest BCUT2D eigenvalue weighted by Gasteiger charge is -2.31. The molecule has 0 aromatic heterocycles. The molecule has 0 spiro atoms. The van der Waals surface area contributed by atoms with Crippen LogP contribution in [0.3, 0.4) is 0 Å². The number of Topliss-reactive ketones (excluding diaryl/α,β-unsaturated/α-hetero) is 2. The van der Waals surface area contributed by atoms with Crippen molar-refractivity contribution in [1.29, 1.82) is 0 Å². The van der Waals surface area contributed by atoms with Gasteiger partial charge < -0.3 is 10.0 Å². The monoisotopic (exact) mass is 683 g/mol. The van der Waals surface area contributed by atoms with Gasteiger partial charge >= 0.3 is 5.97 Å². The summed E-state index contributed by atoms with van der Waals surface area (Å²) in [5, 5.41) is 11.7. The van der Waals surface area contributed by atoms with Gasteiger partial charge in [-0.1, -0.05) is 62.4 Å². The molecule has 256 valence electrons. The minimum Gasteiger partial charge on any atom is -0.481 e. The number of hydrogen-bond donors (Lipinski definition) is 2. The molecule has 3 aromatic carbocycles. The number of rotatable bonds is 12. The third-order valence-corrected chi connectivity index (χ3v) is 11.3. The Hall–Kier alpha value is -4.41. The Balaban J connectivity index is 1.37. The Labute approximate surface area is 287 Å². The van der Waals surface area contributed by atoms with Crippen molar-refractivity contribution in [3.8, 4) is 0 Å². The van der Waals surface area contributed by atoms with E-state index >= 15 is 0 Å². The molecule has 10 heteroatoms. The van der Waals surface area contributed by atoms with Gasteiger partial charge in [-0.05, 0) is 61.6 Å². The number of allylic oxidation sites excluding steroid dienone is 4. The zero-order valence-corrected chi connectivity index (χ0v) is 29.2. The fraction of sp³-hybridized carbons (Fsp3) is 0.385. The van der Waals surface area contributed by atoms with E-state index in [9.17, 15) is 32.5 Å². The van der Waals surface area contributed by atoms with E-state index in [0.717, 1.165) is 33.4 Å². The van der Waals surface area contributed by atoms with Crippen LogP contribution in [0.5, 0.6) is 0 Å². The number of carbonyl (C=O) groups excluding carboxylic acids is 2. The largest absolute Gasteiger partial charge is 0.481 e. The minimum atomic E-state index is -4.12. The molecule has 1 atom stereocenters. The number of carbonyl (C=O) groups is 3. The van der Waals surface area contributed by atoms with Gasteiger partial charge in [-0.3, -0.25) is 18.9 Å². The van der Waals surface area contributed by atoms with E-state index < -0.39 is 32.8 Å². The number of benzene rings is 3. The quantitative estimate of drug-likeness (QED) is 0.0551. The fourth-order valence-corrected chi connectivity index (χ4v) is 8.66. The maximum Gasteiger partial charge on any atom is 0.303 e. The molecule has 0 bridgehead atoms. The minimum absolute atomic E-state index is 0.0230. The van der Waals surface area contributed by atoms with Crippen LogP contribution in [0.1, 0.15) is 70.9 Å². The molecule has 1 aliphatic carbocycles. The van der Waals surface area contributed by atoms with E-state index in [-0.39, 0.29) is 35.7 Å². The number of nitrogens with zero attached hydrogens (tertiary/aromatic N) is 2. The summed E-state index contributed by atoms with van der Waals surface area (Å²) in [6.07, 6.45) is 5.02. The molecular formula is C39H43N2O7S+. The molecule has 49 heavy (non-hydrogen) atoms. The molecule has 3 aromatic rings. The van der Waals surface area contributed by atoms with E-state index in [1.807, 2.05) is 54.0 Å². The second-order valence-electron chi connectivity index (χ2n) is 14.0. The average molecular weight is 684 g/mol. The second-order valence-corrected chi connectivity index (χ2v) is 15.6. The van der Waals surface area contributed by atoms with Crippen LogP contribution in [0.2, 0.25) is 0 Å². The van der Waals surface area contributed by atoms with Gasteiger partial charge in [-0.2, -0.15) is 13.0 Å². The van der Waals surface area contributed by atoms with Gasteiger partial charge in [0.05, 0.1) is 16.7 Å². The first-order chi connectivity index (χ1) is 23.2. The molecule has 1 unspecified atom stereocenters. The highest BCUT2D eigenvalue weighted by Gasteiger charge is 2.51. The van der Waals surface area contributed by atoms with E-state index in [1.54, 1.807) is 6.08 Å². The van der Waals surface area contributed by atoms with Crippen molar-refractivity contribution in [2.75, 3.05) is 23.7 Å². The SMILES string of the molecule is CCN1C(=CC2C(=O)C(=CC3=[N+](CCCCS(=O)(=O)O)c4ccccc4C3(C)CCCC(=O)O)C2=O)C(C)(C)c2c1ccc1ccccc21. The van der Waals surface area contributed by atoms with Gasteiger partial charge in [-0.15, -0.1) is 0 Å². The lowest BCUT2D eigenvalue weighted by atomic mass is 9.70. The van der Waals surface area contributed by atoms with Gasteiger partial charge in [0.1, 0.15) is 12.5 Å². The van der Waals surface area contributed by atoms with Crippen molar-refractivity contribution in [2.24, 2.45) is 5.92 Å². The zero-order valence-electron chi connectivity index (χ0n) is 28.4. The van der Waals surface area contributed by atoms with Crippen LogP contribution in [0.15, 0.2) is 84.1 Å². The Morgan fingerprint density at radius 1 is 0.959 bits per heavy atom. The van der Waals surface area contributed by atoms with Crippen LogP contribution in [0, 0.1) is 5.92 Å². The van der Waals surface area contributed by atoms with Crippen LogP contribution in [-0.2, 0) is 35.3 Å². The molecule has 0 saturated heterocycles. The van der Waals surface area contributed by atoms with Gasteiger partial charge in [0.15, 0.2) is 17.3 Å². The summed E-state index contributed by atoms with van der Waals surface area (Å²) >= 11 is 0. The highest BCUT2D eigenvalue weighted by atomic mass is 32.2. The summed E-state index contributed by atoms with van der Waals surface area (Å²) < 4.78 is 34.0. The van der Waals surface area contributed by atoms with Crippen LogP contribution in [0.25, 0.3) is 10.8 Å². The van der Waals surface area contributed by atoms with E-state index in [1.165, 1.54) is 5.56 Å². The maximum atomic E-state index is 13.9. The fourth-order valence-electron chi connectivity index (χ4n) is 8.09. The highest BCUT2D eigenvalue weighted by Crippen LogP contribution is 2.51. The molecule has 3 aliphatic rings. The Morgan fingerprint density at radius 2 is 1.65 bits per heavy atom. The molecule has 0 radical (unpaired) electrons. The predicted octanol–water partition coefficient (Wildman–Crippen LogP) is 6.52. The standard InChI is InChI=1S/C39H42N2O7S/c1-5-40-31-19-18-25-13-6-7-14-26(25)35(31)38(2,3)32(40)23-27-36(44)28(37(27)45)24-33-39(4,20-12-17-34(42)43)29-15-8-9-16-30(29)41(33)21-10-11-22-49(46,47)48/h6-9,13-16,18-19,23-24,27H,5,10-12,17,20-22H2,1-4H3,(H-,42,43,46,47,48)/p+1. The van der Waals surface area contributed by atoms with Crippen molar-refractivity contribution in [3.63, 3.8) is 0 Å². The summed E-state index contributed by atoms with van der Waals surface area (Å²) in [7, 11) is -4.12. The van der Waals surface area contributed by atoms with Crippen LogP contribution >= 0.6 is 0 Å². The van der Waals surface area contributed by atoms with Gasteiger partial charge in [0.2, 0.25) is 5.69 Å². The summed E-state index contributed by atoms with van der Waals surface area (Å²) in [4.78, 5) is 41.5. The molecule has 9 nitrogen and oxygen atoms in total. The molecule has 0 amide bonds. The normalized spacial score (nSPS) is 22.1. The number of fused-ring (bicyclic) bond motifs is 4. The van der Waals surface area contributed by atoms with Gasteiger partial charge in [-0.25, -0.2) is 0 Å². The number of unbranched alkanes of at least 4 members (excludes halogenated alkanes) is 1. The number of carboxylic acid groups (broad SMARTS) is 1. The lowest BCUT2D eigenvalue weighted by Crippen LogP contribution is -2.43. The number of likely N-dealkylation sites (N-methyl/N-ethyl adjacent to an activating group) is 1. The van der Waals surface area contributed by atoms with E-state index in [4.69, 9.17) is 0 Å². The number of anilines is 1. The molecule has 1 fully saturated rings. The van der Waals surface area contributed by atoms with Crippen LogP contribution in [-0.4, -0.2) is 64.7 Å². The highest BCUT2D eigenvalue weighted by molar-refractivity contribution is 7.85. The first-order valence-electron chi connectivity index (χ1n) is 16.9. The lowest BCUT2D eigenvalue weighted by molar-refractivity contribution is -0.438. The predicted molar refractivity (Wildman–Crippen MR) is 190 cm³/mol. The third-order valence-electron chi connectivity index (χ3n) is 10.5. The zero-order chi connectivity index (χ0) is 35.3. The average Bonchev–Trinajstić information content (AvgIpc) is 3.42. The van der Waals surface area contributed by atoms with Crippen molar-refractivity contribution in [2.45, 2.75) is 70.6 Å². The van der Waals surface area contributed by atoms with Gasteiger partial charge in [0, 0.05) is 53.9 Å². The van der Waals surface area contributed by atoms with Crippen LogP contribution in [0.4, 0.5) is 11.4 Å². The molecule has 1 saturated carbocycles. The summed E-state index contributed by atoms with van der Waals surface area (Å²) in [5.74, 6) is -2.70. The van der Waals surface area contributed by atoms with Crippen LogP contribution < -0.4 is 4.90 Å². The molecule has 2 N–H and O–H groups in total. The smallest absolute Gasteiger partial charge is 0.303 e. The van der Waals surface area contributed by atoms with Gasteiger partial charge in [0.25, 0.3) is 10.1 Å². The third kappa shape index (κ3) is 6.06. The number of aliphatic carboxylic acids is 1. The number of hydrogen-bond acceptors (Lipinski definition) is 6. The van der Waals surface area contributed by atoms with E-state index in [2.05, 4.69) is 49.9 Å². The second kappa shape index (κ2) is 12.8. The summed E-state index contributed by atoms with van der Waals surface area (Å²) in [6.45, 7) is 9.41. The summed E-state index contributed by atoms with van der Waals surface area (Å²) in [6, 6.07) is 20.2. The van der Waals surface area contributed by atoms with Crippen molar-refractivity contribution in [1.82, 2.24) is 0 Å². The Bertz CT molecular complexity index is 2070. The molecule has 2 aliphatic heterocycles. The van der Waals surface area contributed by atoms with E-state index in [0.29, 0.717) is 38.1 Å². The van der Waals surface area contributed by atoms with Crippen molar-refractivity contribution < 1.29 is 37.0 Å². The van der Waals surface area contributed by atoms with Crippen molar-refractivity contribution >= 4 is 55.5 Å². The first kappa shape index (κ1) is 34.5. The molecular weight excluding hydrogens is 641 g/mol. The number of carboxylic acids is 1. The van der Waals surface area contributed by atoms with Crippen molar-refractivity contribution in [3.05, 3.63) is 95.2 Å². The molecule has 2 heterocycles. The maximum absolute atomic E-state index is 13.9. The number of ketones is 2. The number of para-hydroxylation sites is 1. The Kier molecular flexibility index (Phi) is 9.00. The topological polar surface area (TPSA) is 132 Å². The summed E-state index contributed by atoms with van der Waals surface area (Å²) in [5.41, 5.74) is 4.68. The first-order valence-corrected chi connectivity index (χ1v) is 18.5. The Morgan fingerprint density at radius 3 is 2.35 bits per heavy atom.